The first kappa shape index (κ1) is 13.7. The van der Waals surface area contributed by atoms with Crippen LogP contribution >= 0.6 is 0 Å². The van der Waals surface area contributed by atoms with Gasteiger partial charge in [0.25, 0.3) is 0 Å². The summed E-state index contributed by atoms with van der Waals surface area (Å²) < 4.78 is 35.8. The normalized spacial score (nSPS) is 10.2. The maximum absolute atomic E-state index is 13.0. The van der Waals surface area contributed by atoms with E-state index in [-0.39, 0.29) is 22.9 Å². The van der Waals surface area contributed by atoms with E-state index in [0.29, 0.717) is 6.07 Å². The Labute approximate surface area is 112 Å². The van der Waals surface area contributed by atoms with E-state index in [1.54, 1.807) is 0 Å². The number of rotatable bonds is 3. The van der Waals surface area contributed by atoms with Gasteiger partial charge >= 0.3 is 5.97 Å². The molecule has 0 aliphatic rings. The summed E-state index contributed by atoms with van der Waals surface area (Å²) in [5.41, 5.74) is 5.73. The van der Waals surface area contributed by atoms with Gasteiger partial charge in [0, 0.05) is 24.3 Å². The van der Waals surface area contributed by atoms with Crippen molar-refractivity contribution in [1.82, 2.24) is 4.98 Å². The van der Waals surface area contributed by atoms with Crippen LogP contribution in [0.3, 0.4) is 0 Å². The Kier molecular flexibility index (Phi) is 3.79. The quantitative estimate of drug-likeness (QED) is 0.874. The van der Waals surface area contributed by atoms with Crippen LogP contribution in [0.15, 0.2) is 30.5 Å². The van der Waals surface area contributed by atoms with Crippen LogP contribution in [-0.2, 0) is 4.74 Å². The lowest BCUT2D eigenvalue weighted by atomic mass is 10.2. The van der Waals surface area contributed by atoms with Gasteiger partial charge in [-0.15, -0.1) is 0 Å². The van der Waals surface area contributed by atoms with Gasteiger partial charge in [0.05, 0.1) is 24.6 Å². The summed E-state index contributed by atoms with van der Waals surface area (Å²) >= 11 is 0. The average Bonchev–Trinajstić information content (AvgIpc) is 2.39. The number of anilines is 1. The molecule has 7 heteroatoms. The average molecular weight is 280 g/mol. The lowest BCUT2D eigenvalue weighted by Gasteiger charge is -2.08. The molecule has 0 amide bonds. The molecule has 0 spiro atoms. The highest BCUT2D eigenvalue weighted by molar-refractivity contribution is 5.95. The molecule has 1 aromatic carbocycles. The van der Waals surface area contributed by atoms with Crippen LogP contribution in [0, 0.1) is 11.6 Å². The molecule has 1 aromatic heterocycles. The van der Waals surface area contributed by atoms with Crippen molar-refractivity contribution < 1.29 is 23.0 Å². The molecule has 2 aromatic rings. The molecule has 0 saturated carbocycles. The zero-order chi connectivity index (χ0) is 14.7. The molecule has 2 rings (SSSR count). The van der Waals surface area contributed by atoms with E-state index in [0.717, 1.165) is 12.1 Å². The van der Waals surface area contributed by atoms with Crippen LogP contribution in [0.4, 0.5) is 14.5 Å². The van der Waals surface area contributed by atoms with Crippen molar-refractivity contribution in [2.24, 2.45) is 0 Å². The van der Waals surface area contributed by atoms with E-state index in [9.17, 15) is 13.6 Å². The number of aromatic nitrogens is 1. The molecule has 0 unspecified atom stereocenters. The molecule has 0 atom stereocenters. The lowest BCUT2D eigenvalue weighted by molar-refractivity contribution is 0.0601. The molecule has 1 heterocycles. The number of ether oxygens (including phenoxy) is 2. The van der Waals surface area contributed by atoms with E-state index < -0.39 is 17.6 Å². The molecule has 0 bridgehead atoms. The number of hydrogen-bond donors (Lipinski definition) is 1. The molecule has 0 saturated heterocycles. The van der Waals surface area contributed by atoms with E-state index in [2.05, 4.69) is 9.72 Å². The molecule has 5 nitrogen and oxygen atoms in total. The third kappa shape index (κ3) is 3.00. The number of carbonyl (C=O) groups excluding carboxylic acids is 1. The van der Waals surface area contributed by atoms with Crippen molar-refractivity contribution in [1.29, 1.82) is 0 Å². The van der Waals surface area contributed by atoms with E-state index in [4.69, 9.17) is 10.5 Å². The number of halogens is 2. The molecular formula is C13H10F2N2O3. The monoisotopic (exact) mass is 280 g/mol. The van der Waals surface area contributed by atoms with Gasteiger partial charge in [0.1, 0.15) is 17.4 Å². The Bertz CT molecular complexity index is 642. The highest BCUT2D eigenvalue weighted by Crippen LogP contribution is 2.24. The van der Waals surface area contributed by atoms with Crippen molar-refractivity contribution in [2.45, 2.75) is 0 Å². The Hall–Kier alpha value is -2.70. The van der Waals surface area contributed by atoms with Gasteiger partial charge in [-0.3, -0.25) is 0 Å². The van der Waals surface area contributed by atoms with Gasteiger partial charge in [-0.2, -0.15) is 0 Å². The van der Waals surface area contributed by atoms with Crippen molar-refractivity contribution in [3.63, 3.8) is 0 Å². The summed E-state index contributed by atoms with van der Waals surface area (Å²) in [7, 11) is 1.20. The molecule has 0 aliphatic heterocycles. The molecule has 0 fully saturated rings. The van der Waals surface area contributed by atoms with Gasteiger partial charge in [-0.25, -0.2) is 18.6 Å². The third-order valence-electron chi connectivity index (χ3n) is 2.37. The summed E-state index contributed by atoms with van der Waals surface area (Å²) in [6, 6.07) is 3.91. The number of nitrogens with zero attached hydrogens (tertiary/aromatic N) is 1. The molecule has 0 radical (unpaired) electrons. The number of nitrogen functional groups attached to an aromatic ring is 1. The van der Waals surface area contributed by atoms with Crippen LogP contribution in [0.1, 0.15) is 10.4 Å². The summed E-state index contributed by atoms with van der Waals surface area (Å²) in [6.07, 6.45) is 1.19. The lowest BCUT2D eigenvalue weighted by Crippen LogP contribution is -2.06. The van der Waals surface area contributed by atoms with Gasteiger partial charge in [-0.1, -0.05) is 0 Å². The van der Waals surface area contributed by atoms with Gasteiger partial charge in [0.15, 0.2) is 0 Å². The number of methoxy groups -OCH3 is 1. The van der Waals surface area contributed by atoms with Crippen molar-refractivity contribution in [3.05, 3.63) is 47.7 Å². The van der Waals surface area contributed by atoms with Crippen LogP contribution in [0.5, 0.6) is 11.6 Å². The Morgan fingerprint density at radius 1 is 1.20 bits per heavy atom. The summed E-state index contributed by atoms with van der Waals surface area (Å²) in [5.74, 6) is -2.37. The van der Waals surface area contributed by atoms with Crippen LogP contribution in [-0.4, -0.2) is 18.1 Å². The molecule has 20 heavy (non-hydrogen) atoms. The largest absolute Gasteiger partial charge is 0.465 e. The Balaban J connectivity index is 2.32. The molecular weight excluding hydrogens is 270 g/mol. The first-order valence-electron chi connectivity index (χ1n) is 5.47. The molecule has 104 valence electrons. The second-order valence-electron chi connectivity index (χ2n) is 3.81. The zero-order valence-electron chi connectivity index (χ0n) is 10.4. The maximum Gasteiger partial charge on any atom is 0.340 e. The fourth-order valence-corrected chi connectivity index (χ4v) is 1.50. The molecule has 0 aliphatic carbocycles. The van der Waals surface area contributed by atoms with Crippen LogP contribution in [0.25, 0.3) is 0 Å². The number of pyridine rings is 1. The van der Waals surface area contributed by atoms with E-state index in [1.165, 1.54) is 19.4 Å². The zero-order valence-corrected chi connectivity index (χ0v) is 10.4. The van der Waals surface area contributed by atoms with Crippen molar-refractivity contribution in [2.75, 3.05) is 12.8 Å². The number of carbonyl (C=O) groups is 1. The molecule has 2 N–H and O–H groups in total. The van der Waals surface area contributed by atoms with E-state index >= 15 is 0 Å². The predicted molar refractivity (Wildman–Crippen MR) is 66.4 cm³/mol. The number of benzene rings is 1. The topological polar surface area (TPSA) is 74.4 Å². The third-order valence-corrected chi connectivity index (χ3v) is 2.37. The van der Waals surface area contributed by atoms with Crippen molar-refractivity contribution >= 4 is 11.7 Å². The van der Waals surface area contributed by atoms with Gasteiger partial charge in [-0.05, 0) is 0 Å². The van der Waals surface area contributed by atoms with Crippen molar-refractivity contribution in [3.8, 4) is 11.6 Å². The summed E-state index contributed by atoms with van der Waals surface area (Å²) in [4.78, 5) is 15.3. The maximum atomic E-state index is 13.0. The van der Waals surface area contributed by atoms with E-state index in [1.807, 2.05) is 0 Å². The smallest absolute Gasteiger partial charge is 0.340 e. The summed E-state index contributed by atoms with van der Waals surface area (Å²) in [5, 5.41) is 0. The van der Waals surface area contributed by atoms with Crippen LogP contribution < -0.4 is 10.5 Å². The first-order valence-corrected chi connectivity index (χ1v) is 5.47. The van der Waals surface area contributed by atoms with Gasteiger partial charge < -0.3 is 15.2 Å². The highest BCUT2D eigenvalue weighted by Gasteiger charge is 2.13. The fourth-order valence-electron chi connectivity index (χ4n) is 1.50. The Morgan fingerprint density at radius 2 is 1.85 bits per heavy atom. The highest BCUT2D eigenvalue weighted by atomic mass is 19.1. The first-order chi connectivity index (χ1) is 9.49. The fraction of sp³-hybridized carbons (Fsp3) is 0.0769. The predicted octanol–water partition coefficient (Wildman–Crippen LogP) is 2.52. The second kappa shape index (κ2) is 5.52. The number of hydrogen-bond acceptors (Lipinski definition) is 5. The standard InChI is InChI=1S/C13H10F2N2O3/c1-19-13(18)10-5-12(17-6-11(10)16)20-9-3-7(14)2-8(15)4-9/h2-6H,16H2,1H3. The SMILES string of the molecule is COC(=O)c1cc(Oc2cc(F)cc(F)c2)ncc1N. The summed E-state index contributed by atoms with van der Waals surface area (Å²) in [6.45, 7) is 0. The van der Waals surface area contributed by atoms with Crippen LogP contribution in [0.2, 0.25) is 0 Å². The van der Waals surface area contributed by atoms with Gasteiger partial charge in [0.2, 0.25) is 5.88 Å². The number of esters is 1. The number of nitrogens with two attached hydrogens (primary N) is 1. The minimum Gasteiger partial charge on any atom is -0.465 e. The Morgan fingerprint density at radius 3 is 2.45 bits per heavy atom. The minimum atomic E-state index is -0.788. The minimum absolute atomic E-state index is 0.0374. The second-order valence-corrected chi connectivity index (χ2v) is 3.81.